The Kier molecular flexibility index (Phi) is 10.6. The number of allylic oxidation sites excluding steroid dienone is 1. The van der Waals surface area contributed by atoms with E-state index in [-0.39, 0.29) is 22.9 Å². The van der Waals surface area contributed by atoms with Crippen molar-refractivity contribution >= 4 is 35.0 Å². The molecule has 2 fully saturated rings. The Labute approximate surface area is 215 Å². The maximum absolute atomic E-state index is 12.2. The van der Waals surface area contributed by atoms with E-state index >= 15 is 0 Å². The number of para-hydroxylation sites is 1. The van der Waals surface area contributed by atoms with Crippen LogP contribution < -0.4 is 4.90 Å². The largest absolute Gasteiger partial charge is 2.00 e. The van der Waals surface area contributed by atoms with Crippen LogP contribution >= 0.6 is 11.8 Å². The van der Waals surface area contributed by atoms with Gasteiger partial charge in [-0.05, 0) is 100 Å². The molecular formula is C29H27FeNOS+2. The van der Waals surface area contributed by atoms with Gasteiger partial charge in [-0.25, -0.2) is 0 Å². The molecule has 3 aliphatic rings. The molecule has 0 unspecified atom stereocenters. The summed E-state index contributed by atoms with van der Waals surface area (Å²) in [7, 11) is 0. The maximum Gasteiger partial charge on any atom is 2.00 e. The van der Waals surface area contributed by atoms with Crippen LogP contribution in [0, 0.1) is 63.7 Å². The molecule has 2 aromatic carbocycles. The van der Waals surface area contributed by atoms with Gasteiger partial charge in [0.25, 0.3) is 0 Å². The number of anilines is 2. The fourth-order valence-corrected chi connectivity index (χ4v) is 4.78. The zero-order chi connectivity index (χ0) is 22.2. The molecule has 5 rings (SSSR count). The topological polar surface area (TPSA) is 20.3 Å². The fraction of sp³-hybridized carbons (Fsp3) is 0.138. The van der Waals surface area contributed by atoms with Crippen LogP contribution in [0.2, 0.25) is 0 Å². The first-order valence-electron chi connectivity index (χ1n) is 11.1. The first-order valence-corrected chi connectivity index (χ1v) is 11.9. The average molecular weight is 493 g/mol. The van der Waals surface area contributed by atoms with E-state index in [9.17, 15) is 4.79 Å². The number of benzene rings is 2. The molecule has 0 aromatic heterocycles. The van der Waals surface area contributed by atoms with E-state index in [4.69, 9.17) is 0 Å². The van der Waals surface area contributed by atoms with Crippen LogP contribution in [0.5, 0.6) is 0 Å². The fourth-order valence-electron chi connectivity index (χ4n) is 3.64. The molecule has 33 heavy (non-hydrogen) atoms. The predicted octanol–water partition coefficient (Wildman–Crippen LogP) is 7.10. The molecule has 10 radical (unpaired) electrons. The Morgan fingerprint density at radius 2 is 1.55 bits per heavy atom. The molecule has 2 aromatic rings. The number of hydrogen-bond donors (Lipinski definition) is 0. The number of nitrogens with zero attached hydrogens (tertiary/aromatic N) is 1. The minimum atomic E-state index is 0. The number of rotatable bonds is 6. The van der Waals surface area contributed by atoms with Gasteiger partial charge in [0.15, 0.2) is 5.78 Å². The van der Waals surface area contributed by atoms with Gasteiger partial charge in [-0.1, -0.05) is 49.4 Å². The van der Waals surface area contributed by atoms with Gasteiger partial charge in [0.2, 0.25) is 0 Å². The maximum atomic E-state index is 12.2. The average Bonchev–Trinajstić information content (AvgIpc) is 3.57. The monoisotopic (exact) mass is 493 g/mol. The van der Waals surface area contributed by atoms with Gasteiger partial charge in [0.1, 0.15) is 0 Å². The number of unbranched alkanes of at least 4 members (excludes halogenated alkanes) is 1. The molecule has 1 heterocycles. The normalized spacial score (nSPS) is 17.2. The second-order valence-electron chi connectivity index (χ2n) is 7.64. The molecule has 0 bridgehead atoms. The summed E-state index contributed by atoms with van der Waals surface area (Å²) in [4.78, 5) is 17.2. The number of carbonyl (C=O) groups is 1. The molecule has 0 atom stereocenters. The second kappa shape index (κ2) is 13.4. The number of hydrogen-bond acceptors (Lipinski definition) is 3. The molecule has 0 amide bonds. The third kappa shape index (κ3) is 7.01. The molecule has 2 aliphatic carbocycles. The summed E-state index contributed by atoms with van der Waals surface area (Å²) in [6.45, 7) is 3.24. The van der Waals surface area contributed by atoms with Gasteiger partial charge in [-0.15, -0.1) is 0 Å². The SMILES string of the molecule is CCCCN1c2ccccc2Sc2cc(/C=C/C(=O)[C]3[CH][CH][CH][CH]3)ccc21.[CH]1[CH][CH][CH][CH]1.[Fe+2]. The third-order valence-electron chi connectivity index (χ3n) is 5.32. The van der Waals surface area contributed by atoms with Crippen LogP contribution in [0.25, 0.3) is 6.08 Å². The van der Waals surface area contributed by atoms with Crippen molar-refractivity contribution in [3.8, 4) is 0 Å². The van der Waals surface area contributed by atoms with Crippen molar-refractivity contribution in [3.05, 3.63) is 118 Å². The molecule has 0 saturated heterocycles. The Balaban J connectivity index is 0.000000453. The molecular weight excluding hydrogens is 466 g/mol. The summed E-state index contributed by atoms with van der Waals surface area (Å²) in [6, 6.07) is 15.1. The predicted molar refractivity (Wildman–Crippen MR) is 135 cm³/mol. The summed E-state index contributed by atoms with van der Waals surface area (Å²) in [5.74, 6) is 0.776. The van der Waals surface area contributed by atoms with Gasteiger partial charge in [0.05, 0.1) is 17.3 Å². The van der Waals surface area contributed by atoms with Crippen LogP contribution in [0.3, 0.4) is 0 Å². The summed E-state index contributed by atoms with van der Waals surface area (Å²) < 4.78 is 0. The van der Waals surface area contributed by atoms with E-state index in [0.717, 1.165) is 24.4 Å². The molecule has 2 nitrogen and oxygen atoms in total. The van der Waals surface area contributed by atoms with Crippen molar-refractivity contribution in [3.63, 3.8) is 0 Å². The molecule has 0 N–H and O–H groups in total. The van der Waals surface area contributed by atoms with E-state index in [1.54, 1.807) is 17.8 Å². The van der Waals surface area contributed by atoms with Crippen LogP contribution in [0.4, 0.5) is 11.4 Å². The van der Waals surface area contributed by atoms with E-state index in [0.29, 0.717) is 0 Å². The van der Waals surface area contributed by atoms with Crippen molar-refractivity contribution in [2.24, 2.45) is 0 Å². The van der Waals surface area contributed by atoms with E-state index in [2.05, 4.69) is 54.3 Å². The Morgan fingerprint density at radius 1 is 0.879 bits per heavy atom. The van der Waals surface area contributed by atoms with Gasteiger partial charge >= 0.3 is 17.1 Å². The molecule has 1 aliphatic heterocycles. The van der Waals surface area contributed by atoms with Crippen molar-refractivity contribution < 1.29 is 21.9 Å². The second-order valence-corrected chi connectivity index (χ2v) is 8.72. The quantitative estimate of drug-likeness (QED) is 0.316. The van der Waals surface area contributed by atoms with Gasteiger partial charge in [-0.2, -0.15) is 0 Å². The van der Waals surface area contributed by atoms with Gasteiger partial charge in [-0.3, -0.25) is 4.79 Å². The zero-order valence-corrected chi connectivity index (χ0v) is 20.6. The van der Waals surface area contributed by atoms with E-state index in [1.165, 1.54) is 27.6 Å². The minimum absolute atomic E-state index is 0. The van der Waals surface area contributed by atoms with Crippen molar-refractivity contribution in [2.45, 2.75) is 29.6 Å². The molecule has 2 saturated carbocycles. The van der Waals surface area contributed by atoms with Crippen LogP contribution in [0.15, 0.2) is 58.3 Å². The first-order chi connectivity index (χ1) is 15.8. The Morgan fingerprint density at radius 3 is 2.24 bits per heavy atom. The zero-order valence-electron chi connectivity index (χ0n) is 18.6. The molecule has 4 heteroatoms. The van der Waals surface area contributed by atoms with Gasteiger partial charge < -0.3 is 4.90 Å². The molecule has 0 spiro atoms. The van der Waals surface area contributed by atoms with Gasteiger partial charge in [0, 0.05) is 16.3 Å². The van der Waals surface area contributed by atoms with Crippen LogP contribution in [0.1, 0.15) is 25.3 Å². The summed E-state index contributed by atoms with van der Waals surface area (Å²) >= 11 is 1.81. The first kappa shape index (κ1) is 26.1. The van der Waals surface area contributed by atoms with Crippen molar-refractivity contribution in [1.29, 1.82) is 0 Å². The van der Waals surface area contributed by atoms with E-state index < -0.39 is 0 Å². The molecule has 166 valence electrons. The summed E-state index contributed by atoms with van der Waals surface area (Å²) in [5, 5.41) is 0. The van der Waals surface area contributed by atoms with E-state index in [1.807, 2.05) is 63.9 Å². The number of fused-ring (bicyclic) bond motifs is 2. The van der Waals surface area contributed by atoms with Crippen molar-refractivity contribution in [2.75, 3.05) is 11.4 Å². The van der Waals surface area contributed by atoms with Crippen LogP contribution in [-0.4, -0.2) is 12.3 Å². The smallest absolute Gasteiger partial charge is 0.340 e. The number of ketones is 1. The Hall–Kier alpha value is -1.48. The summed E-state index contributed by atoms with van der Waals surface area (Å²) in [6.07, 6.45) is 23.4. The summed E-state index contributed by atoms with van der Waals surface area (Å²) in [5.41, 5.74) is 3.60. The van der Waals surface area contributed by atoms with Crippen molar-refractivity contribution in [1.82, 2.24) is 0 Å². The minimum Gasteiger partial charge on any atom is -0.340 e. The van der Waals surface area contributed by atoms with Crippen LogP contribution in [-0.2, 0) is 21.9 Å². The number of carbonyl (C=O) groups excluding carboxylic acids is 1. The third-order valence-corrected chi connectivity index (χ3v) is 6.43. The standard InChI is InChI=1S/C24H22NOS.C5H5.Fe/c1-2-3-16-25-20-10-6-7-11-23(20)27-24-17-18(12-14-21(24)25)13-15-22(26)19-8-4-5-9-19;1-2-4-5-3-1;/h4-15,17H,2-3,16H2,1H3;1-5H;/q;;+2/b15-13+;;. The Bertz CT molecular complexity index is 923.